The average Bonchev–Trinajstić information content (AvgIpc) is 2.60. The van der Waals surface area contributed by atoms with Crippen molar-refractivity contribution in [1.29, 1.82) is 0 Å². The molecule has 0 amide bonds. The van der Waals surface area contributed by atoms with Gasteiger partial charge in [0.05, 0.1) is 20.7 Å². The van der Waals surface area contributed by atoms with Gasteiger partial charge in [-0.1, -0.05) is 0 Å². The molecule has 2 nitrogen and oxygen atoms in total. The number of nitrogens with zero attached hydrogens (tertiary/aromatic N) is 2. The summed E-state index contributed by atoms with van der Waals surface area (Å²) >= 11 is 8.56. The van der Waals surface area contributed by atoms with E-state index in [-0.39, 0.29) is 0 Å². The quantitative estimate of drug-likeness (QED) is 0.783. The first-order valence-corrected chi connectivity index (χ1v) is 6.01. The summed E-state index contributed by atoms with van der Waals surface area (Å²) in [5.74, 6) is 0. The highest BCUT2D eigenvalue weighted by Crippen LogP contribution is 2.34. The van der Waals surface area contributed by atoms with E-state index in [1.54, 1.807) is 17.7 Å². The molecule has 2 heterocycles. The number of rotatable bonds is 1. The molecule has 0 aliphatic rings. The van der Waals surface area contributed by atoms with Crippen molar-refractivity contribution < 1.29 is 0 Å². The number of aromatic nitrogens is 2. The molecule has 2 aromatic heterocycles. The van der Waals surface area contributed by atoms with E-state index in [2.05, 4.69) is 42.9 Å². The molecule has 0 saturated carbocycles. The van der Waals surface area contributed by atoms with E-state index in [0.717, 1.165) is 14.1 Å². The van der Waals surface area contributed by atoms with Crippen LogP contribution in [0, 0.1) is 0 Å². The molecule has 0 saturated heterocycles. The molecule has 0 aliphatic carbocycles. The van der Waals surface area contributed by atoms with Crippen LogP contribution in [0.2, 0.25) is 0 Å². The number of halogens is 2. The van der Waals surface area contributed by atoms with Crippen LogP contribution in [0.3, 0.4) is 0 Å². The Bertz CT molecular complexity index is 414. The molecule has 0 fully saturated rings. The second-order valence-corrected chi connectivity index (χ2v) is 5.81. The summed E-state index contributed by atoms with van der Waals surface area (Å²) in [6.07, 6.45) is 1.80. The van der Waals surface area contributed by atoms with E-state index in [1.165, 1.54) is 4.88 Å². The summed E-state index contributed by atoms with van der Waals surface area (Å²) in [5, 5.41) is 0. The molecule has 0 bridgehead atoms. The highest BCUT2D eigenvalue weighted by molar-refractivity contribution is 9.11. The third-order valence-electron chi connectivity index (χ3n) is 1.70. The molecule has 2 aromatic rings. The van der Waals surface area contributed by atoms with Gasteiger partial charge in [0.1, 0.15) is 4.60 Å². The molecule has 68 valence electrons. The van der Waals surface area contributed by atoms with Crippen LogP contribution in [0.1, 0.15) is 0 Å². The van der Waals surface area contributed by atoms with Crippen molar-refractivity contribution in [2.24, 2.45) is 7.05 Å². The normalized spacial score (nSPS) is 10.7. The third kappa shape index (κ3) is 1.73. The summed E-state index contributed by atoms with van der Waals surface area (Å²) in [6.45, 7) is 0. The van der Waals surface area contributed by atoms with Gasteiger partial charge in [0, 0.05) is 7.05 Å². The highest BCUT2D eigenvalue weighted by atomic mass is 79.9. The van der Waals surface area contributed by atoms with Gasteiger partial charge in [0.25, 0.3) is 0 Å². The summed E-state index contributed by atoms with van der Waals surface area (Å²) < 4.78 is 4.03. The lowest BCUT2D eigenvalue weighted by Gasteiger charge is -1.98. The van der Waals surface area contributed by atoms with Crippen LogP contribution >= 0.6 is 43.2 Å². The van der Waals surface area contributed by atoms with Crippen molar-refractivity contribution in [2.45, 2.75) is 0 Å². The summed E-state index contributed by atoms with van der Waals surface area (Å²) in [6, 6.07) is 4.12. The van der Waals surface area contributed by atoms with Crippen LogP contribution in [0.15, 0.2) is 26.8 Å². The third-order valence-corrected chi connectivity index (χ3v) is 3.91. The lowest BCUT2D eigenvalue weighted by molar-refractivity contribution is 0.923. The van der Waals surface area contributed by atoms with Gasteiger partial charge in [-0.2, -0.15) is 0 Å². The highest BCUT2D eigenvalue weighted by Gasteiger charge is 2.10. The Morgan fingerprint density at radius 2 is 2.15 bits per heavy atom. The molecule has 0 aromatic carbocycles. The predicted molar refractivity (Wildman–Crippen MR) is 61.9 cm³/mol. The smallest absolute Gasteiger partial charge is 0.132 e. The molecule has 0 atom stereocenters. The molecule has 0 radical (unpaired) electrons. The molecule has 0 unspecified atom stereocenters. The lowest BCUT2D eigenvalue weighted by Crippen LogP contribution is -1.86. The second kappa shape index (κ2) is 3.55. The maximum absolute atomic E-state index is 4.17. The van der Waals surface area contributed by atoms with Gasteiger partial charge in [-0.3, -0.25) is 0 Å². The minimum absolute atomic E-state index is 0.893. The Balaban J connectivity index is 2.57. The van der Waals surface area contributed by atoms with Crippen molar-refractivity contribution >= 4 is 43.2 Å². The zero-order valence-corrected chi connectivity index (χ0v) is 10.8. The standard InChI is InChI=1S/C8H6Br2N2S/c1-12-4-11-8(10)7(12)5-2-3-6(9)13-5/h2-4H,1H3. The topological polar surface area (TPSA) is 17.8 Å². The van der Waals surface area contributed by atoms with Crippen LogP contribution < -0.4 is 0 Å². The monoisotopic (exact) mass is 320 g/mol. The van der Waals surface area contributed by atoms with Crippen molar-refractivity contribution in [2.75, 3.05) is 0 Å². The minimum atomic E-state index is 0.893. The number of aryl methyl sites for hydroxylation is 1. The Morgan fingerprint density at radius 3 is 2.62 bits per heavy atom. The lowest BCUT2D eigenvalue weighted by atomic mass is 10.4. The molecule has 0 N–H and O–H groups in total. The van der Waals surface area contributed by atoms with Gasteiger partial charge >= 0.3 is 0 Å². The van der Waals surface area contributed by atoms with Crippen LogP contribution in [0.5, 0.6) is 0 Å². The Morgan fingerprint density at radius 1 is 1.38 bits per heavy atom. The van der Waals surface area contributed by atoms with Crippen LogP contribution in [0.25, 0.3) is 10.6 Å². The molecule has 0 spiro atoms. The summed E-state index contributed by atoms with van der Waals surface area (Å²) in [7, 11) is 1.99. The molecule has 5 heteroatoms. The number of hydrogen-bond donors (Lipinski definition) is 0. The molecule has 13 heavy (non-hydrogen) atoms. The van der Waals surface area contributed by atoms with Gasteiger partial charge in [0.15, 0.2) is 0 Å². The molecule has 0 aliphatic heterocycles. The first-order valence-electron chi connectivity index (χ1n) is 3.61. The van der Waals surface area contributed by atoms with Gasteiger partial charge in [0.2, 0.25) is 0 Å². The van der Waals surface area contributed by atoms with E-state index in [4.69, 9.17) is 0 Å². The fourth-order valence-corrected chi connectivity index (χ4v) is 3.31. The predicted octanol–water partition coefficient (Wildman–Crippen LogP) is 3.67. The fourth-order valence-electron chi connectivity index (χ4n) is 1.12. The summed E-state index contributed by atoms with van der Waals surface area (Å²) in [4.78, 5) is 5.38. The molecular weight excluding hydrogens is 316 g/mol. The molecule has 2 rings (SSSR count). The Kier molecular flexibility index (Phi) is 2.58. The van der Waals surface area contributed by atoms with Crippen molar-refractivity contribution in [3.63, 3.8) is 0 Å². The zero-order valence-electron chi connectivity index (χ0n) is 6.79. The van der Waals surface area contributed by atoms with Crippen LogP contribution in [0.4, 0.5) is 0 Å². The first kappa shape index (κ1) is 9.43. The number of thiophene rings is 1. The van der Waals surface area contributed by atoms with Gasteiger partial charge in [-0.15, -0.1) is 11.3 Å². The Hall–Kier alpha value is -0.130. The van der Waals surface area contributed by atoms with Crippen LogP contribution in [-0.2, 0) is 7.05 Å². The van der Waals surface area contributed by atoms with E-state index >= 15 is 0 Å². The maximum Gasteiger partial charge on any atom is 0.132 e. The van der Waals surface area contributed by atoms with Crippen molar-refractivity contribution in [3.05, 3.63) is 26.8 Å². The van der Waals surface area contributed by atoms with Gasteiger partial charge in [-0.05, 0) is 44.0 Å². The van der Waals surface area contributed by atoms with Crippen molar-refractivity contribution in [1.82, 2.24) is 9.55 Å². The van der Waals surface area contributed by atoms with E-state index < -0.39 is 0 Å². The van der Waals surface area contributed by atoms with E-state index in [0.29, 0.717) is 0 Å². The SMILES string of the molecule is Cn1cnc(Br)c1-c1ccc(Br)s1. The number of hydrogen-bond acceptors (Lipinski definition) is 2. The van der Waals surface area contributed by atoms with Gasteiger partial charge < -0.3 is 4.57 Å². The zero-order chi connectivity index (χ0) is 9.42. The minimum Gasteiger partial charge on any atom is -0.332 e. The molecular formula is C8H6Br2N2S. The van der Waals surface area contributed by atoms with Gasteiger partial charge in [-0.25, -0.2) is 4.98 Å². The second-order valence-electron chi connectivity index (χ2n) is 2.60. The van der Waals surface area contributed by atoms with E-state index in [9.17, 15) is 0 Å². The Labute approximate surface area is 96.9 Å². The maximum atomic E-state index is 4.17. The van der Waals surface area contributed by atoms with Crippen molar-refractivity contribution in [3.8, 4) is 10.6 Å². The van der Waals surface area contributed by atoms with E-state index in [1.807, 2.05) is 17.7 Å². The fraction of sp³-hybridized carbons (Fsp3) is 0.125. The number of imidazole rings is 1. The largest absolute Gasteiger partial charge is 0.332 e. The van der Waals surface area contributed by atoms with Crippen LogP contribution in [-0.4, -0.2) is 9.55 Å². The summed E-state index contributed by atoms with van der Waals surface area (Å²) in [5.41, 5.74) is 1.12. The average molecular weight is 322 g/mol. The first-order chi connectivity index (χ1) is 6.18.